The molecule has 2 saturated carbocycles. The predicted molar refractivity (Wildman–Crippen MR) is 139 cm³/mol. The second-order valence-electron chi connectivity index (χ2n) is 11.7. The number of piperidine rings is 1. The monoisotopic (exact) mass is 552 g/mol. The Kier molecular flexibility index (Phi) is 5.09. The minimum Gasteiger partial charge on any atom is -0.504 e. The van der Waals surface area contributed by atoms with Crippen molar-refractivity contribution in [3.63, 3.8) is 0 Å². The normalized spacial score (nSPS) is 34.1. The lowest BCUT2D eigenvalue weighted by Gasteiger charge is -2.64. The molecule has 1 amide bonds. The van der Waals surface area contributed by atoms with E-state index in [9.17, 15) is 15.0 Å². The van der Waals surface area contributed by atoms with E-state index < -0.39 is 11.0 Å². The summed E-state index contributed by atoms with van der Waals surface area (Å²) in [6.45, 7) is 1.98. The first kappa shape index (κ1) is 23.1. The van der Waals surface area contributed by atoms with E-state index in [4.69, 9.17) is 4.74 Å². The van der Waals surface area contributed by atoms with E-state index in [1.807, 2.05) is 42.3 Å². The fourth-order valence-corrected chi connectivity index (χ4v) is 8.20. The largest absolute Gasteiger partial charge is 0.504 e. The van der Waals surface area contributed by atoms with E-state index >= 15 is 0 Å². The van der Waals surface area contributed by atoms with E-state index in [2.05, 4.69) is 20.8 Å². The number of nitrogens with zero attached hydrogens (tertiary/aromatic N) is 2. The molecule has 1 spiro atoms. The molecule has 2 heterocycles. The molecule has 3 fully saturated rings. The number of aromatic hydroxyl groups is 1. The molecule has 3 aliphatic carbocycles. The maximum Gasteiger partial charge on any atom is 0.227 e. The van der Waals surface area contributed by atoms with Crippen LogP contribution in [0.25, 0.3) is 0 Å². The average molecular weight is 553 g/mol. The van der Waals surface area contributed by atoms with Crippen molar-refractivity contribution in [1.29, 1.82) is 0 Å². The number of benzene rings is 2. The SMILES string of the molecule is CN(C(=O)Cc1ccc(Br)cc1)[C@@H]1CC[C@@]2(O)[C@H]3Cc4ccc(O)c5c4[C@@]2(CCN3CC2CC2)[C@H]1O5. The number of aliphatic hydroxyl groups is 1. The highest BCUT2D eigenvalue weighted by Gasteiger charge is 2.73. The number of phenols is 1. The van der Waals surface area contributed by atoms with Crippen molar-refractivity contribution in [1.82, 2.24) is 9.80 Å². The topological polar surface area (TPSA) is 73.2 Å². The quantitative estimate of drug-likeness (QED) is 0.590. The Hall–Kier alpha value is -2.09. The Morgan fingerprint density at radius 3 is 2.69 bits per heavy atom. The van der Waals surface area contributed by atoms with Crippen LogP contribution in [0, 0.1) is 5.92 Å². The Bertz CT molecular complexity index is 1230. The third-order valence-electron chi connectivity index (χ3n) is 9.89. The van der Waals surface area contributed by atoms with Gasteiger partial charge in [-0.25, -0.2) is 0 Å². The van der Waals surface area contributed by atoms with Gasteiger partial charge < -0.3 is 19.8 Å². The second-order valence-corrected chi connectivity index (χ2v) is 12.6. The van der Waals surface area contributed by atoms with Crippen LogP contribution in [-0.2, 0) is 23.1 Å². The number of rotatable bonds is 5. The van der Waals surface area contributed by atoms with Gasteiger partial charge in [0, 0.05) is 29.7 Å². The molecule has 5 atom stereocenters. The Labute approximate surface area is 220 Å². The standard InChI is InChI=1S/C29H33BrN2O4/c1-31(24(34)14-17-4-7-20(30)8-5-17)21-10-11-29(35)23-15-19-6-9-22(33)26-25(19)28(29,27(21)36-26)12-13-32(23)16-18-2-3-18/h4-9,18,21,23,27,33,35H,2-3,10-16H2,1H3/t21-,23-,27+,28+,29-/m1/s1. The summed E-state index contributed by atoms with van der Waals surface area (Å²) in [5, 5.41) is 23.4. The molecule has 36 heavy (non-hydrogen) atoms. The highest BCUT2D eigenvalue weighted by molar-refractivity contribution is 9.10. The number of halogens is 1. The zero-order chi connectivity index (χ0) is 24.8. The third-order valence-corrected chi connectivity index (χ3v) is 10.4. The minimum absolute atomic E-state index is 0.0469. The lowest BCUT2D eigenvalue weighted by molar-refractivity contribution is -0.200. The molecule has 190 valence electrons. The number of likely N-dealkylation sites (N-methyl/N-ethyl adjacent to an activating group) is 1. The van der Waals surface area contributed by atoms with Crippen LogP contribution in [0.5, 0.6) is 11.5 Å². The zero-order valence-electron chi connectivity index (χ0n) is 20.6. The molecule has 0 unspecified atom stereocenters. The van der Waals surface area contributed by atoms with E-state index in [1.165, 1.54) is 18.4 Å². The van der Waals surface area contributed by atoms with Crippen LogP contribution in [0.2, 0.25) is 0 Å². The van der Waals surface area contributed by atoms with Crippen LogP contribution in [0.1, 0.15) is 48.8 Å². The predicted octanol–water partition coefficient (Wildman–Crippen LogP) is 3.79. The molecular formula is C29H33BrN2O4. The van der Waals surface area contributed by atoms with Gasteiger partial charge >= 0.3 is 0 Å². The number of phenolic OH excluding ortho intramolecular Hbond substituents is 1. The summed E-state index contributed by atoms with van der Waals surface area (Å²) in [7, 11) is 1.88. The summed E-state index contributed by atoms with van der Waals surface area (Å²) in [6.07, 6.45) is 5.42. The van der Waals surface area contributed by atoms with E-state index in [1.54, 1.807) is 6.07 Å². The number of carbonyl (C=O) groups is 1. The number of amides is 1. The number of likely N-dealkylation sites (tertiary alicyclic amines) is 1. The molecule has 5 aliphatic rings. The van der Waals surface area contributed by atoms with Crippen molar-refractivity contribution in [2.45, 2.75) is 74.1 Å². The highest BCUT2D eigenvalue weighted by Crippen LogP contribution is 2.66. The van der Waals surface area contributed by atoms with Gasteiger partial charge in [-0.3, -0.25) is 9.69 Å². The molecule has 1 saturated heterocycles. The van der Waals surface area contributed by atoms with Gasteiger partial charge in [-0.15, -0.1) is 0 Å². The van der Waals surface area contributed by atoms with Crippen LogP contribution >= 0.6 is 15.9 Å². The molecule has 0 aromatic heterocycles. The van der Waals surface area contributed by atoms with Crippen molar-refractivity contribution in [3.05, 3.63) is 57.6 Å². The lowest BCUT2D eigenvalue weighted by atomic mass is 9.48. The number of hydrogen-bond donors (Lipinski definition) is 2. The van der Waals surface area contributed by atoms with Crippen LogP contribution in [0.3, 0.4) is 0 Å². The first-order chi connectivity index (χ1) is 17.3. The van der Waals surface area contributed by atoms with Crippen molar-refractivity contribution in [3.8, 4) is 11.5 Å². The van der Waals surface area contributed by atoms with Crippen molar-refractivity contribution in [2.75, 3.05) is 20.1 Å². The maximum atomic E-state index is 13.5. The van der Waals surface area contributed by atoms with Gasteiger partial charge in [-0.1, -0.05) is 34.1 Å². The lowest BCUT2D eigenvalue weighted by Crippen LogP contribution is -2.78. The van der Waals surface area contributed by atoms with Gasteiger partial charge in [-0.05, 0) is 80.3 Å². The number of hydrogen-bond acceptors (Lipinski definition) is 5. The van der Waals surface area contributed by atoms with E-state index in [0.717, 1.165) is 47.4 Å². The van der Waals surface area contributed by atoms with Gasteiger partial charge in [0.25, 0.3) is 0 Å². The highest BCUT2D eigenvalue weighted by atomic mass is 79.9. The third kappa shape index (κ3) is 3.12. The van der Waals surface area contributed by atoms with E-state index in [0.29, 0.717) is 25.0 Å². The number of carbonyl (C=O) groups excluding carboxylic acids is 1. The minimum atomic E-state index is -0.928. The van der Waals surface area contributed by atoms with E-state index in [-0.39, 0.29) is 29.8 Å². The Morgan fingerprint density at radius 1 is 1.17 bits per heavy atom. The molecule has 2 N–H and O–H groups in total. The summed E-state index contributed by atoms with van der Waals surface area (Å²) in [4.78, 5) is 17.8. The molecule has 0 radical (unpaired) electrons. The van der Waals surface area contributed by atoms with Crippen molar-refractivity contribution >= 4 is 21.8 Å². The average Bonchev–Trinajstić information content (AvgIpc) is 3.60. The van der Waals surface area contributed by atoms with Gasteiger partial charge in [0.15, 0.2) is 11.5 Å². The molecule has 2 aliphatic heterocycles. The fourth-order valence-electron chi connectivity index (χ4n) is 7.94. The summed E-state index contributed by atoms with van der Waals surface area (Å²) in [5.41, 5.74) is 1.64. The van der Waals surface area contributed by atoms with Gasteiger partial charge in [0.05, 0.1) is 23.5 Å². The Balaban J connectivity index is 1.26. The number of ether oxygens (including phenoxy) is 1. The van der Waals surface area contributed by atoms with Crippen LogP contribution < -0.4 is 4.74 Å². The van der Waals surface area contributed by atoms with Crippen LogP contribution in [0.4, 0.5) is 0 Å². The summed E-state index contributed by atoms with van der Waals surface area (Å²) in [6, 6.07) is 11.5. The molecule has 6 nitrogen and oxygen atoms in total. The van der Waals surface area contributed by atoms with Crippen molar-refractivity contribution < 1.29 is 19.7 Å². The van der Waals surface area contributed by atoms with Gasteiger partial charge in [0.2, 0.25) is 5.91 Å². The molecule has 2 aromatic rings. The molecular weight excluding hydrogens is 520 g/mol. The van der Waals surface area contributed by atoms with Crippen molar-refractivity contribution in [2.24, 2.45) is 5.92 Å². The summed E-state index contributed by atoms with van der Waals surface area (Å²) >= 11 is 3.46. The van der Waals surface area contributed by atoms with Gasteiger partial charge in [0.1, 0.15) is 6.10 Å². The molecule has 2 aromatic carbocycles. The summed E-state index contributed by atoms with van der Waals surface area (Å²) < 4.78 is 7.62. The fraction of sp³-hybridized carbons (Fsp3) is 0.552. The Morgan fingerprint density at radius 2 is 1.94 bits per heavy atom. The van der Waals surface area contributed by atoms with Crippen LogP contribution in [-0.4, -0.2) is 69.8 Å². The molecule has 2 bridgehead atoms. The molecule has 7 rings (SSSR count). The van der Waals surface area contributed by atoms with Crippen LogP contribution in [0.15, 0.2) is 40.9 Å². The maximum absolute atomic E-state index is 13.5. The summed E-state index contributed by atoms with van der Waals surface area (Å²) in [5.74, 6) is 1.48. The first-order valence-electron chi connectivity index (χ1n) is 13.3. The smallest absolute Gasteiger partial charge is 0.227 e. The zero-order valence-corrected chi connectivity index (χ0v) is 22.2. The second kappa shape index (κ2) is 7.95. The van der Waals surface area contributed by atoms with Gasteiger partial charge in [-0.2, -0.15) is 0 Å². The molecule has 7 heteroatoms. The first-order valence-corrected chi connectivity index (χ1v) is 14.1.